The van der Waals surface area contributed by atoms with E-state index in [0.717, 1.165) is 18.2 Å². The zero-order valence-electron chi connectivity index (χ0n) is 10.4. The summed E-state index contributed by atoms with van der Waals surface area (Å²) in [6, 6.07) is 1.86. The molecule has 0 unspecified atom stereocenters. The van der Waals surface area contributed by atoms with Crippen molar-refractivity contribution in [2.45, 2.75) is 12.8 Å². The van der Waals surface area contributed by atoms with E-state index in [4.69, 9.17) is 11.6 Å². The first-order valence-corrected chi connectivity index (χ1v) is 6.41. The third-order valence-electron chi connectivity index (χ3n) is 3.42. The molecule has 0 bridgehead atoms. The zero-order valence-corrected chi connectivity index (χ0v) is 11.2. The quantitative estimate of drug-likeness (QED) is 0.825. The van der Waals surface area contributed by atoms with Gasteiger partial charge >= 0.3 is 0 Å². The maximum atomic E-state index is 5.84. The third-order valence-corrected chi connectivity index (χ3v) is 3.61. The van der Waals surface area contributed by atoms with E-state index < -0.39 is 0 Å². The molecule has 2 rings (SSSR count). The van der Waals surface area contributed by atoms with Crippen LogP contribution in [0.3, 0.4) is 0 Å². The lowest BCUT2D eigenvalue weighted by atomic mass is 9.96. The highest BCUT2D eigenvalue weighted by atomic mass is 35.5. The maximum absolute atomic E-state index is 5.84. The van der Waals surface area contributed by atoms with Crippen LogP contribution in [0.4, 0.5) is 5.69 Å². The molecule has 0 spiro atoms. The van der Waals surface area contributed by atoms with Crippen LogP contribution in [0.2, 0.25) is 5.15 Å². The highest BCUT2D eigenvalue weighted by Gasteiger charge is 2.18. The highest BCUT2D eigenvalue weighted by molar-refractivity contribution is 6.29. The first-order chi connectivity index (χ1) is 8.15. The largest absolute Gasteiger partial charge is 0.373 e. The van der Waals surface area contributed by atoms with E-state index in [1.54, 1.807) is 6.20 Å². The number of rotatable bonds is 3. The lowest BCUT2D eigenvalue weighted by Gasteiger charge is -2.32. The van der Waals surface area contributed by atoms with Gasteiger partial charge in [0.05, 0.1) is 11.9 Å². The Bertz CT molecular complexity index is 363. The molecule has 0 N–H and O–H groups in total. The Balaban J connectivity index is 1.90. The van der Waals surface area contributed by atoms with E-state index >= 15 is 0 Å². The predicted octanol–water partition coefficient (Wildman–Crippen LogP) is 1.91. The summed E-state index contributed by atoms with van der Waals surface area (Å²) in [5, 5.41) is 8.10. The second-order valence-corrected chi connectivity index (χ2v) is 5.25. The Morgan fingerprint density at radius 3 is 2.82 bits per heavy atom. The monoisotopic (exact) mass is 254 g/mol. The molecule has 2 heterocycles. The molecule has 5 heteroatoms. The Kier molecular flexibility index (Phi) is 4.18. The zero-order chi connectivity index (χ0) is 12.3. The van der Waals surface area contributed by atoms with Gasteiger partial charge in [-0.15, -0.1) is 5.10 Å². The summed E-state index contributed by atoms with van der Waals surface area (Å²) >= 11 is 5.84. The molecular weight excluding hydrogens is 236 g/mol. The highest BCUT2D eigenvalue weighted by Crippen LogP contribution is 2.21. The lowest BCUT2D eigenvalue weighted by molar-refractivity contribution is 0.222. The van der Waals surface area contributed by atoms with E-state index in [-0.39, 0.29) is 0 Å². The second kappa shape index (κ2) is 5.65. The summed E-state index contributed by atoms with van der Waals surface area (Å²) in [4.78, 5) is 4.61. The molecule has 1 aromatic rings. The van der Waals surface area contributed by atoms with E-state index in [0.29, 0.717) is 5.15 Å². The summed E-state index contributed by atoms with van der Waals surface area (Å²) in [6.07, 6.45) is 4.31. The fraction of sp³-hybridized carbons (Fsp3) is 0.667. The van der Waals surface area contributed by atoms with E-state index in [1.165, 1.54) is 25.9 Å². The van der Waals surface area contributed by atoms with Crippen molar-refractivity contribution in [2.24, 2.45) is 5.92 Å². The van der Waals surface area contributed by atoms with Crippen LogP contribution in [0, 0.1) is 5.92 Å². The SMILES string of the molecule is CN1CCC(CN(C)c2cnnc(Cl)c2)CC1. The van der Waals surface area contributed by atoms with Crippen LogP contribution in [0.1, 0.15) is 12.8 Å². The number of piperidine rings is 1. The Morgan fingerprint density at radius 1 is 1.47 bits per heavy atom. The summed E-state index contributed by atoms with van der Waals surface area (Å²) < 4.78 is 0. The molecule has 17 heavy (non-hydrogen) atoms. The molecule has 4 nitrogen and oxygen atoms in total. The van der Waals surface area contributed by atoms with Crippen LogP contribution < -0.4 is 4.90 Å². The lowest BCUT2D eigenvalue weighted by Crippen LogP contribution is -2.35. The number of likely N-dealkylation sites (tertiary alicyclic amines) is 1. The first-order valence-electron chi connectivity index (χ1n) is 6.03. The molecule has 0 amide bonds. The van der Waals surface area contributed by atoms with Crippen molar-refractivity contribution in [1.29, 1.82) is 0 Å². The molecule has 94 valence electrons. The summed E-state index contributed by atoms with van der Waals surface area (Å²) in [6.45, 7) is 3.47. The Labute approximate surface area is 108 Å². The molecule has 1 saturated heterocycles. The van der Waals surface area contributed by atoms with Gasteiger partial charge in [0.1, 0.15) is 0 Å². The smallest absolute Gasteiger partial charge is 0.153 e. The van der Waals surface area contributed by atoms with Crippen LogP contribution in [0.15, 0.2) is 12.3 Å². The van der Waals surface area contributed by atoms with Gasteiger partial charge in [-0.3, -0.25) is 0 Å². The van der Waals surface area contributed by atoms with Crippen LogP contribution in [0.5, 0.6) is 0 Å². The van der Waals surface area contributed by atoms with Crippen molar-refractivity contribution in [2.75, 3.05) is 38.6 Å². The van der Waals surface area contributed by atoms with Gasteiger partial charge < -0.3 is 9.80 Å². The summed E-state index contributed by atoms with van der Waals surface area (Å²) in [5.74, 6) is 0.767. The van der Waals surface area contributed by atoms with Gasteiger partial charge in [-0.25, -0.2) is 0 Å². The van der Waals surface area contributed by atoms with Crippen LogP contribution >= 0.6 is 11.6 Å². The number of halogens is 1. The van der Waals surface area contributed by atoms with Gasteiger partial charge in [0.15, 0.2) is 5.15 Å². The average Bonchev–Trinajstić information content (AvgIpc) is 2.32. The van der Waals surface area contributed by atoms with Crippen LogP contribution in [0.25, 0.3) is 0 Å². The van der Waals surface area contributed by atoms with Crippen LogP contribution in [-0.4, -0.2) is 48.8 Å². The molecule has 1 aliphatic heterocycles. The van der Waals surface area contributed by atoms with E-state index in [1.807, 2.05) is 6.07 Å². The average molecular weight is 255 g/mol. The fourth-order valence-electron chi connectivity index (χ4n) is 2.28. The number of hydrogen-bond donors (Lipinski definition) is 0. The van der Waals surface area contributed by atoms with Crippen molar-refractivity contribution in [3.05, 3.63) is 17.4 Å². The van der Waals surface area contributed by atoms with Crippen molar-refractivity contribution in [3.63, 3.8) is 0 Å². The number of nitrogens with zero attached hydrogens (tertiary/aromatic N) is 4. The fourth-order valence-corrected chi connectivity index (χ4v) is 2.43. The molecule has 0 saturated carbocycles. The Morgan fingerprint density at radius 2 is 2.18 bits per heavy atom. The normalized spacial score (nSPS) is 18.3. The van der Waals surface area contributed by atoms with E-state index in [9.17, 15) is 0 Å². The Hall–Kier alpha value is -0.870. The van der Waals surface area contributed by atoms with Crippen molar-refractivity contribution in [3.8, 4) is 0 Å². The van der Waals surface area contributed by atoms with Gasteiger partial charge in [0.2, 0.25) is 0 Å². The van der Waals surface area contributed by atoms with Crippen molar-refractivity contribution >= 4 is 17.3 Å². The molecule has 0 aromatic carbocycles. The minimum absolute atomic E-state index is 0.456. The summed E-state index contributed by atoms with van der Waals surface area (Å²) in [7, 11) is 4.28. The van der Waals surface area contributed by atoms with Gasteiger partial charge in [0, 0.05) is 19.7 Å². The topological polar surface area (TPSA) is 32.3 Å². The summed E-state index contributed by atoms with van der Waals surface area (Å²) in [5.41, 5.74) is 1.05. The van der Waals surface area contributed by atoms with E-state index in [2.05, 4.69) is 34.1 Å². The molecular formula is C12H19ClN4. The molecule has 1 fully saturated rings. The number of aromatic nitrogens is 2. The number of hydrogen-bond acceptors (Lipinski definition) is 4. The second-order valence-electron chi connectivity index (χ2n) is 4.86. The van der Waals surface area contributed by atoms with Gasteiger partial charge in [-0.2, -0.15) is 5.10 Å². The first kappa shape index (κ1) is 12.6. The van der Waals surface area contributed by atoms with Gasteiger partial charge in [-0.1, -0.05) is 11.6 Å². The molecule has 1 aliphatic rings. The molecule has 0 atom stereocenters. The minimum Gasteiger partial charge on any atom is -0.373 e. The minimum atomic E-state index is 0.456. The van der Waals surface area contributed by atoms with Gasteiger partial charge in [-0.05, 0) is 38.9 Å². The molecule has 0 radical (unpaired) electrons. The predicted molar refractivity (Wildman–Crippen MR) is 70.5 cm³/mol. The molecule has 1 aromatic heterocycles. The van der Waals surface area contributed by atoms with Crippen molar-refractivity contribution < 1.29 is 0 Å². The van der Waals surface area contributed by atoms with Gasteiger partial charge in [0.25, 0.3) is 0 Å². The standard InChI is InChI=1S/C12H19ClN4/c1-16-5-3-10(4-6-16)9-17(2)11-7-12(13)15-14-8-11/h7-8,10H,3-6,9H2,1-2H3. The maximum Gasteiger partial charge on any atom is 0.153 e. The van der Waals surface area contributed by atoms with Crippen molar-refractivity contribution in [1.82, 2.24) is 15.1 Å². The third kappa shape index (κ3) is 3.54. The molecule has 0 aliphatic carbocycles. The number of anilines is 1. The van der Waals surface area contributed by atoms with Crippen LogP contribution in [-0.2, 0) is 0 Å².